The molecule has 1 aromatic rings. The molecule has 2 bridgehead atoms. The van der Waals surface area contributed by atoms with E-state index in [0.29, 0.717) is 36.5 Å². The van der Waals surface area contributed by atoms with Crippen LogP contribution >= 0.6 is 39.3 Å². The van der Waals surface area contributed by atoms with Crippen molar-refractivity contribution in [2.45, 2.75) is 60.4 Å². The van der Waals surface area contributed by atoms with E-state index in [4.69, 9.17) is 21.4 Å². The van der Waals surface area contributed by atoms with Crippen molar-refractivity contribution in [1.82, 2.24) is 4.90 Å². The highest BCUT2D eigenvalue weighted by Gasteiger charge is 2.75. The number of anilines is 1. The van der Waals surface area contributed by atoms with Crippen LogP contribution in [0.1, 0.15) is 38.2 Å². The highest BCUT2D eigenvalue weighted by molar-refractivity contribution is 9.09. The standard InChI is InChI=1S/C24H30BrClN2O5S/c1-3-33-23(32)16-17-22(31)28(10-5-4-6-11-29)20(24(17)12-14(25)19(16)34-24)21(30)27-18-13(2)8-7-9-15(18)26/h7-9,14,16-17,19-20,29H,3-6,10-12H2,1-2H3,(H,27,30)/t14?,16-,17+,19-,20?,24?/m1/s1. The second-order valence-corrected chi connectivity index (χ2v) is 12.3. The van der Waals surface area contributed by atoms with E-state index in [1.54, 1.807) is 29.7 Å². The number of esters is 1. The number of alkyl halides is 1. The van der Waals surface area contributed by atoms with Gasteiger partial charge in [0.1, 0.15) is 6.04 Å². The Morgan fingerprint density at radius 3 is 2.79 bits per heavy atom. The Labute approximate surface area is 217 Å². The minimum atomic E-state index is -0.732. The summed E-state index contributed by atoms with van der Waals surface area (Å²) in [5.74, 6) is -2.00. The molecule has 10 heteroatoms. The first-order valence-electron chi connectivity index (χ1n) is 11.7. The number of fused-ring (bicyclic) bond motifs is 1. The van der Waals surface area contributed by atoms with Gasteiger partial charge in [-0.1, -0.05) is 39.7 Å². The van der Waals surface area contributed by atoms with E-state index < -0.39 is 22.6 Å². The van der Waals surface area contributed by atoms with E-state index in [9.17, 15) is 14.4 Å². The molecule has 3 aliphatic heterocycles. The number of hydrogen-bond acceptors (Lipinski definition) is 6. The Kier molecular flexibility index (Phi) is 7.86. The number of nitrogens with zero attached hydrogens (tertiary/aromatic N) is 1. The molecule has 0 aromatic heterocycles. The number of ether oxygens (including phenoxy) is 1. The Bertz CT molecular complexity index is 960. The van der Waals surface area contributed by atoms with Gasteiger partial charge in [-0.05, 0) is 51.2 Å². The van der Waals surface area contributed by atoms with Crippen LogP contribution in [-0.2, 0) is 19.1 Å². The van der Waals surface area contributed by atoms with Crippen LogP contribution in [0.15, 0.2) is 18.2 Å². The Hall–Kier alpha value is -1.29. The lowest BCUT2D eigenvalue weighted by atomic mass is 9.71. The average Bonchev–Trinajstić information content (AvgIpc) is 3.37. The molecule has 2 amide bonds. The predicted octanol–water partition coefficient (Wildman–Crippen LogP) is 3.78. The second kappa shape index (κ2) is 10.4. The molecule has 0 saturated carbocycles. The van der Waals surface area contributed by atoms with Gasteiger partial charge in [0.2, 0.25) is 11.8 Å². The number of hydrogen-bond donors (Lipinski definition) is 2. The Morgan fingerprint density at radius 1 is 1.35 bits per heavy atom. The first-order valence-corrected chi connectivity index (χ1v) is 13.9. The fraction of sp³-hybridized carbons (Fsp3) is 0.625. The zero-order chi connectivity index (χ0) is 24.6. The molecule has 3 heterocycles. The van der Waals surface area contributed by atoms with E-state index in [1.165, 1.54) is 0 Å². The fourth-order valence-electron chi connectivity index (χ4n) is 5.73. The van der Waals surface area contributed by atoms with Crippen molar-refractivity contribution in [2.75, 3.05) is 25.1 Å². The Balaban J connectivity index is 1.70. The number of halogens is 2. The van der Waals surface area contributed by atoms with Crippen molar-refractivity contribution < 1.29 is 24.2 Å². The molecular formula is C24H30BrClN2O5S. The van der Waals surface area contributed by atoms with Crippen LogP contribution in [0, 0.1) is 18.8 Å². The largest absolute Gasteiger partial charge is 0.466 e. The number of rotatable bonds is 9. The van der Waals surface area contributed by atoms with E-state index in [1.807, 2.05) is 19.1 Å². The van der Waals surface area contributed by atoms with Crippen LogP contribution in [0.2, 0.25) is 5.02 Å². The zero-order valence-electron chi connectivity index (χ0n) is 19.3. The van der Waals surface area contributed by atoms with Crippen molar-refractivity contribution in [3.8, 4) is 0 Å². The van der Waals surface area contributed by atoms with Crippen molar-refractivity contribution in [3.63, 3.8) is 0 Å². The maximum absolute atomic E-state index is 13.8. The smallest absolute Gasteiger partial charge is 0.310 e. The van der Waals surface area contributed by atoms with Crippen LogP contribution < -0.4 is 5.32 Å². The minimum Gasteiger partial charge on any atom is -0.466 e. The summed E-state index contributed by atoms with van der Waals surface area (Å²) in [6, 6.07) is 4.68. The maximum atomic E-state index is 13.8. The van der Waals surface area contributed by atoms with Gasteiger partial charge in [0, 0.05) is 23.2 Å². The minimum absolute atomic E-state index is 0.00245. The number of para-hydroxylation sites is 1. The summed E-state index contributed by atoms with van der Waals surface area (Å²) in [6.07, 6.45) is 2.66. The number of carbonyl (C=O) groups excluding carboxylic acids is 3. The van der Waals surface area contributed by atoms with Crippen molar-refractivity contribution in [2.24, 2.45) is 11.8 Å². The first-order chi connectivity index (χ1) is 16.3. The highest BCUT2D eigenvalue weighted by Crippen LogP contribution is 2.68. The van der Waals surface area contributed by atoms with Gasteiger partial charge in [0.15, 0.2) is 0 Å². The number of aliphatic hydroxyl groups is 1. The third kappa shape index (κ3) is 4.27. The number of aryl methyl sites for hydroxylation is 1. The summed E-state index contributed by atoms with van der Waals surface area (Å²) >= 11 is 11.7. The number of unbranched alkanes of at least 4 members (excludes halogenated alkanes) is 2. The number of likely N-dealkylation sites (tertiary alicyclic amines) is 1. The molecule has 34 heavy (non-hydrogen) atoms. The normalized spacial score (nSPS) is 31.6. The van der Waals surface area contributed by atoms with Crippen LogP contribution in [-0.4, -0.2) is 68.4 Å². The molecule has 7 nitrogen and oxygen atoms in total. The van der Waals surface area contributed by atoms with Crippen molar-refractivity contribution in [3.05, 3.63) is 28.8 Å². The predicted molar refractivity (Wildman–Crippen MR) is 136 cm³/mol. The van der Waals surface area contributed by atoms with Gasteiger partial charge in [-0.2, -0.15) is 0 Å². The van der Waals surface area contributed by atoms with E-state index in [2.05, 4.69) is 21.2 Å². The summed E-state index contributed by atoms with van der Waals surface area (Å²) in [5.41, 5.74) is 1.37. The van der Waals surface area contributed by atoms with Crippen LogP contribution in [0.25, 0.3) is 0 Å². The van der Waals surface area contributed by atoms with Crippen LogP contribution in [0.3, 0.4) is 0 Å². The number of nitrogens with one attached hydrogen (secondary N) is 1. The van der Waals surface area contributed by atoms with Gasteiger partial charge < -0.3 is 20.1 Å². The third-order valence-electron chi connectivity index (χ3n) is 7.12. The molecule has 6 atom stereocenters. The molecule has 4 rings (SSSR count). The van der Waals surface area contributed by atoms with Gasteiger partial charge in [0.25, 0.3) is 0 Å². The van der Waals surface area contributed by atoms with E-state index in [0.717, 1.165) is 12.0 Å². The summed E-state index contributed by atoms with van der Waals surface area (Å²) < 4.78 is 4.64. The van der Waals surface area contributed by atoms with Gasteiger partial charge in [-0.25, -0.2) is 0 Å². The molecule has 1 spiro atoms. The Morgan fingerprint density at radius 2 is 2.12 bits per heavy atom. The topological polar surface area (TPSA) is 95.9 Å². The van der Waals surface area contributed by atoms with Crippen LogP contribution in [0.5, 0.6) is 0 Å². The number of thioether (sulfide) groups is 1. The maximum Gasteiger partial charge on any atom is 0.310 e. The van der Waals surface area contributed by atoms with Gasteiger partial charge >= 0.3 is 5.97 Å². The quantitative estimate of drug-likeness (QED) is 0.265. The number of aliphatic hydroxyl groups excluding tert-OH is 1. The SMILES string of the molecule is CCOC(=O)[C@H]1[C@@H]2SC3(CC2Br)C(C(=O)Nc2c(C)cccc2Cl)N(CCCCCO)C(=O)[C@H]13. The molecular weight excluding hydrogens is 544 g/mol. The van der Waals surface area contributed by atoms with Crippen LogP contribution in [0.4, 0.5) is 5.69 Å². The number of benzene rings is 1. The number of carbonyl (C=O) groups is 3. The molecule has 186 valence electrons. The highest BCUT2D eigenvalue weighted by atomic mass is 79.9. The molecule has 0 radical (unpaired) electrons. The molecule has 1 aromatic carbocycles. The summed E-state index contributed by atoms with van der Waals surface area (Å²) in [4.78, 5) is 42.3. The lowest BCUT2D eigenvalue weighted by Gasteiger charge is -2.35. The zero-order valence-corrected chi connectivity index (χ0v) is 22.4. The monoisotopic (exact) mass is 572 g/mol. The molecule has 3 fully saturated rings. The molecule has 3 unspecified atom stereocenters. The number of amides is 2. The lowest BCUT2D eigenvalue weighted by molar-refractivity contribution is -0.153. The molecule has 2 N–H and O–H groups in total. The molecule has 3 aliphatic rings. The average molecular weight is 574 g/mol. The van der Waals surface area contributed by atoms with Gasteiger partial charge in [-0.3, -0.25) is 14.4 Å². The van der Waals surface area contributed by atoms with Crippen molar-refractivity contribution in [1.29, 1.82) is 0 Å². The molecule has 0 aliphatic carbocycles. The van der Waals surface area contributed by atoms with Crippen molar-refractivity contribution >= 4 is 62.8 Å². The summed E-state index contributed by atoms with van der Waals surface area (Å²) in [7, 11) is 0. The second-order valence-electron chi connectivity index (χ2n) is 9.15. The summed E-state index contributed by atoms with van der Waals surface area (Å²) in [5, 5.41) is 12.5. The van der Waals surface area contributed by atoms with Gasteiger partial charge in [0.05, 0.1) is 33.9 Å². The first kappa shape index (κ1) is 25.8. The van der Waals surface area contributed by atoms with Gasteiger partial charge in [-0.15, -0.1) is 11.8 Å². The van der Waals surface area contributed by atoms with E-state index in [-0.39, 0.29) is 41.1 Å². The summed E-state index contributed by atoms with van der Waals surface area (Å²) in [6.45, 7) is 4.35. The van der Waals surface area contributed by atoms with E-state index >= 15 is 0 Å². The fourth-order valence-corrected chi connectivity index (χ4v) is 9.60. The third-order valence-corrected chi connectivity index (χ3v) is 10.7. The molecule has 3 saturated heterocycles. The lowest BCUT2D eigenvalue weighted by Crippen LogP contribution is -2.52.